The SMILES string of the molecule is CCOc1ccc(Cl)cc1NC(=O)c1cc2ccccc2c(N=Nc2cc(CC)c(Cl)c(S(=O)(=O)O)c2)c1[O-].[Na+]. The number of nitrogens with zero attached hydrogens (tertiary/aromatic N) is 2. The maximum Gasteiger partial charge on any atom is 1.00 e. The molecule has 202 valence electrons. The predicted molar refractivity (Wildman–Crippen MR) is 149 cm³/mol. The first kappa shape index (κ1) is 31.8. The molecule has 0 saturated heterocycles. The molecule has 0 unspecified atom stereocenters. The number of aryl methyl sites for hydroxylation is 1. The Kier molecular flexibility index (Phi) is 10.6. The topological polar surface area (TPSA) is 140 Å². The van der Waals surface area contributed by atoms with E-state index in [1.54, 1.807) is 50.2 Å². The Morgan fingerprint density at radius 2 is 1.77 bits per heavy atom. The number of azo groups is 1. The molecule has 13 heteroatoms. The van der Waals surface area contributed by atoms with Crippen molar-refractivity contribution >= 4 is 67.1 Å². The summed E-state index contributed by atoms with van der Waals surface area (Å²) in [4.78, 5) is 12.7. The second-order valence-corrected chi connectivity index (χ2v) is 10.5. The molecule has 0 fully saturated rings. The van der Waals surface area contributed by atoms with E-state index in [1.165, 1.54) is 18.2 Å². The molecule has 0 aliphatic heterocycles. The van der Waals surface area contributed by atoms with E-state index in [0.717, 1.165) is 6.07 Å². The van der Waals surface area contributed by atoms with E-state index in [2.05, 4.69) is 15.5 Å². The molecule has 0 aromatic heterocycles. The zero-order valence-electron chi connectivity index (χ0n) is 21.7. The Morgan fingerprint density at radius 1 is 1.05 bits per heavy atom. The van der Waals surface area contributed by atoms with E-state index in [1.807, 2.05) is 0 Å². The van der Waals surface area contributed by atoms with Gasteiger partial charge in [-0.2, -0.15) is 18.6 Å². The predicted octanol–water partition coefficient (Wildman–Crippen LogP) is 4.10. The molecule has 0 bridgehead atoms. The quantitative estimate of drug-likeness (QED) is 0.175. The Hall–Kier alpha value is -2.70. The van der Waals surface area contributed by atoms with Crippen LogP contribution in [0.15, 0.2) is 75.8 Å². The van der Waals surface area contributed by atoms with E-state index in [0.29, 0.717) is 40.1 Å². The van der Waals surface area contributed by atoms with Crippen LogP contribution in [0.4, 0.5) is 17.1 Å². The molecular formula is C27H22Cl2N3NaO6S. The molecule has 9 nitrogen and oxygen atoms in total. The zero-order chi connectivity index (χ0) is 28.3. The van der Waals surface area contributed by atoms with Gasteiger partial charge in [-0.05, 0) is 60.7 Å². The van der Waals surface area contributed by atoms with Crippen LogP contribution in [0, 0.1) is 0 Å². The smallest absolute Gasteiger partial charge is 0.870 e. The number of halogens is 2. The van der Waals surface area contributed by atoms with Gasteiger partial charge in [-0.15, -0.1) is 0 Å². The number of rotatable bonds is 8. The number of carbonyl (C=O) groups is 1. The maximum absolute atomic E-state index is 13.5. The van der Waals surface area contributed by atoms with Crippen molar-refractivity contribution in [3.63, 3.8) is 0 Å². The van der Waals surface area contributed by atoms with Gasteiger partial charge in [-0.25, -0.2) is 0 Å². The van der Waals surface area contributed by atoms with Gasteiger partial charge in [0.15, 0.2) is 0 Å². The summed E-state index contributed by atoms with van der Waals surface area (Å²) in [5.74, 6) is -1.03. The average Bonchev–Trinajstić information content (AvgIpc) is 2.89. The van der Waals surface area contributed by atoms with Crippen LogP contribution in [-0.2, 0) is 16.5 Å². The van der Waals surface area contributed by atoms with E-state index in [-0.39, 0.29) is 57.2 Å². The fourth-order valence-corrected chi connectivity index (χ4v) is 5.23. The molecule has 0 spiro atoms. The van der Waals surface area contributed by atoms with E-state index in [4.69, 9.17) is 27.9 Å². The Bertz CT molecular complexity index is 1730. The van der Waals surface area contributed by atoms with Crippen molar-refractivity contribution in [2.75, 3.05) is 11.9 Å². The van der Waals surface area contributed by atoms with Gasteiger partial charge in [-0.1, -0.05) is 60.1 Å². The number of hydrogen-bond acceptors (Lipinski definition) is 7. The van der Waals surface area contributed by atoms with Gasteiger partial charge in [0.25, 0.3) is 16.0 Å². The maximum atomic E-state index is 13.5. The number of nitrogens with one attached hydrogen (secondary N) is 1. The van der Waals surface area contributed by atoms with Crippen molar-refractivity contribution in [1.29, 1.82) is 0 Å². The van der Waals surface area contributed by atoms with Gasteiger partial charge in [0.2, 0.25) is 0 Å². The van der Waals surface area contributed by atoms with Crippen LogP contribution in [0.25, 0.3) is 10.8 Å². The summed E-state index contributed by atoms with van der Waals surface area (Å²) in [6, 6.07) is 15.5. The number of anilines is 1. The molecule has 4 aromatic rings. The third kappa shape index (κ3) is 6.95. The van der Waals surface area contributed by atoms with Gasteiger partial charge < -0.3 is 15.2 Å². The molecule has 2 N–H and O–H groups in total. The van der Waals surface area contributed by atoms with Crippen molar-refractivity contribution < 1.29 is 57.2 Å². The normalized spacial score (nSPS) is 11.4. The molecular weight excluding hydrogens is 588 g/mol. The summed E-state index contributed by atoms with van der Waals surface area (Å²) in [5, 5.41) is 25.6. The number of benzene rings is 4. The molecule has 0 saturated carbocycles. The summed E-state index contributed by atoms with van der Waals surface area (Å²) >= 11 is 12.2. The fraction of sp³-hybridized carbons (Fsp3) is 0.148. The number of carbonyl (C=O) groups excluding carboxylic acids is 1. The van der Waals surface area contributed by atoms with Crippen molar-refractivity contribution in [3.05, 3.63) is 81.8 Å². The van der Waals surface area contributed by atoms with E-state index < -0.39 is 26.7 Å². The van der Waals surface area contributed by atoms with Crippen LogP contribution in [0.1, 0.15) is 29.8 Å². The number of hydrogen-bond donors (Lipinski definition) is 2. The Morgan fingerprint density at radius 3 is 2.45 bits per heavy atom. The second kappa shape index (κ2) is 13.3. The summed E-state index contributed by atoms with van der Waals surface area (Å²) in [7, 11) is -4.64. The molecule has 0 heterocycles. The number of fused-ring (bicyclic) bond motifs is 1. The van der Waals surface area contributed by atoms with Gasteiger partial charge in [0, 0.05) is 16.0 Å². The van der Waals surface area contributed by atoms with Crippen molar-refractivity contribution in [2.45, 2.75) is 25.2 Å². The number of amides is 1. The van der Waals surface area contributed by atoms with E-state index >= 15 is 0 Å². The zero-order valence-corrected chi connectivity index (χ0v) is 26.1. The van der Waals surface area contributed by atoms with Crippen molar-refractivity contribution in [3.8, 4) is 11.5 Å². The largest absolute Gasteiger partial charge is 1.00 e. The molecule has 0 radical (unpaired) electrons. The van der Waals surface area contributed by atoms with Gasteiger partial charge in [0.05, 0.1) is 28.7 Å². The summed E-state index contributed by atoms with van der Waals surface area (Å²) in [6.45, 7) is 3.89. The fourth-order valence-electron chi connectivity index (χ4n) is 3.90. The van der Waals surface area contributed by atoms with Gasteiger partial charge in [0.1, 0.15) is 10.6 Å². The minimum atomic E-state index is -4.64. The van der Waals surface area contributed by atoms with Crippen LogP contribution in [0.3, 0.4) is 0 Å². The third-order valence-electron chi connectivity index (χ3n) is 5.73. The van der Waals surface area contributed by atoms with Crippen LogP contribution >= 0.6 is 23.2 Å². The van der Waals surface area contributed by atoms with Gasteiger partial charge >= 0.3 is 29.6 Å². The second-order valence-electron chi connectivity index (χ2n) is 8.30. The summed E-state index contributed by atoms with van der Waals surface area (Å²) in [6.07, 6.45) is 0.351. The van der Waals surface area contributed by atoms with E-state index in [9.17, 15) is 22.9 Å². The molecule has 0 aliphatic rings. The van der Waals surface area contributed by atoms with Crippen LogP contribution in [0.2, 0.25) is 10.0 Å². The monoisotopic (exact) mass is 609 g/mol. The van der Waals surface area contributed by atoms with Crippen LogP contribution < -0.4 is 44.7 Å². The first-order valence-electron chi connectivity index (χ1n) is 11.7. The molecule has 4 aromatic carbocycles. The third-order valence-corrected chi connectivity index (χ3v) is 7.40. The number of ether oxygens (including phenoxy) is 1. The molecule has 0 atom stereocenters. The molecule has 0 aliphatic carbocycles. The minimum Gasteiger partial charge on any atom is -0.870 e. The standard InChI is InChI=1S/C27H23Cl2N3O6S.Na/c1-3-15-11-18(14-23(24(15)29)39(35,36)37)31-32-25-19-8-6-5-7-16(19)12-20(26(25)33)27(34)30-21-13-17(28)9-10-22(21)38-4-2;/h5-14,33H,3-4H2,1-2H3,(H,30,34)(H,35,36,37);/q;+1/p-1. The minimum absolute atomic E-state index is 0. The molecule has 1 amide bonds. The van der Waals surface area contributed by atoms with Crippen molar-refractivity contribution in [1.82, 2.24) is 0 Å². The first-order chi connectivity index (χ1) is 18.5. The van der Waals surface area contributed by atoms with Crippen molar-refractivity contribution in [2.24, 2.45) is 10.2 Å². The van der Waals surface area contributed by atoms with Crippen LogP contribution in [0.5, 0.6) is 11.5 Å². The summed E-state index contributed by atoms with van der Waals surface area (Å²) in [5.41, 5.74) is 0.413. The average molecular weight is 610 g/mol. The van der Waals surface area contributed by atoms with Gasteiger partial charge in [-0.3, -0.25) is 9.35 Å². The first-order valence-corrected chi connectivity index (χ1v) is 13.9. The Balaban J connectivity index is 0.00000441. The molecule has 4 rings (SSSR count). The Labute approximate surface area is 263 Å². The van der Waals surface area contributed by atoms with Crippen LogP contribution in [-0.4, -0.2) is 25.5 Å². The summed E-state index contributed by atoms with van der Waals surface area (Å²) < 4.78 is 38.8. The molecule has 40 heavy (non-hydrogen) atoms.